The normalized spacial score (nSPS) is 10.6. The summed E-state index contributed by atoms with van der Waals surface area (Å²) in [4.78, 5) is 0. The Labute approximate surface area is 147 Å². The van der Waals surface area contributed by atoms with E-state index in [1.54, 1.807) is 6.07 Å². The zero-order valence-corrected chi connectivity index (χ0v) is 14.7. The monoisotopic (exact) mass is 335 g/mol. The van der Waals surface area contributed by atoms with Crippen LogP contribution in [-0.2, 0) is 6.54 Å². The standard InChI is InChI=1S/C20H18ClN3/c1-13-4-6-16(7-5-13)12-24-15(3)14(2)20(23-24)17-8-9-18(11-22)19(21)10-17/h4-10H,12H2,1-3H3. The molecular weight excluding hydrogens is 318 g/mol. The van der Waals surface area contributed by atoms with Crippen molar-refractivity contribution < 1.29 is 0 Å². The van der Waals surface area contributed by atoms with Gasteiger partial charge in [0, 0.05) is 11.3 Å². The Bertz CT molecular complexity index is 931. The van der Waals surface area contributed by atoms with Gasteiger partial charge in [0.15, 0.2) is 0 Å². The highest BCUT2D eigenvalue weighted by atomic mass is 35.5. The lowest BCUT2D eigenvalue weighted by Gasteiger charge is -2.05. The van der Waals surface area contributed by atoms with Crippen molar-refractivity contribution in [2.24, 2.45) is 0 Å². The smallest absolute Gasteiger partial charge is 0.101 e. The second kappa shape index (κ2) is 6.51. The summed E-state index contributed by atoms with van der Waals surface area (Å²) in [7, 11) is 0. The highest BCUT2D eigenvalue weighted by molar-refractivity contribution is 6.32. The topological polar surface area (TPSA) is 41.6 Å². The van der Waals surface area contributed by atoms with Gasteiger partial charge in [0.05, 0.1) is 22.8 Å². The largest absolute Gasteiger partial charge is 0.265 e. The number of hydrogen-bond donors (Lipinski definition) is 0. The minimum absolute atomic E-state index is 0.458. The van der Waals surface area contributed by atoms with Gasteiger partial charge in [-0.25, -0.2) is 0 Å². The fourth-order valence-electron chi connectivity index (χ4n) is 2.68. The van der Waals surface area contributed by atoms with E-state index in [1.165, 1.54) is 11.1 Å². The van der Waals surface area contributed by atoms with Crippen LogP contribution in [0.3, 0.4) is 0 Å². The number of nitrogens with zero attached hydrogens (tertiary/aromatic N) is 3. The number of aryl methyl sites for hydroxylation is 1. The van der Waals surface area contributed by atoms with Crippen LogP contribution in [0.5, 0.6) is 0 Å². The average Bonchev–Trinajstić information content (AvgIpc) is 2.85. The Hall–Kier alpha value is -2.57. The van der Waals surface area contributed by atoms with Crippen LogP contribution in [0.15, 0.2) is 42.5 Å². The molecule has 0 atom stereocenters. The van der Waals surface area contributed by atoms with Gasteiger partial charge in [-0.15, -0.1) is 0 Å². The van der Waals surface area contributed by atoms with Crippen LogP contribution in [-0.4, -0.2) is 9.78 Å². The van der Waals surface area contributed by atoms with Crippen molar-refractivity contribution in [2.45, 2.75) is 27.3 Å². The van der Waals surface area contributed by atoms with Gasteiger partial charge < -0.3 is 0 Å². The van der Waals surface area contributed by atoms with Crippen molar-refractivity contribution in [1.29, 1.82) is 5.26 Å². The predicted molar refractivity (Wildman–Crippen MR) is 97.1 cm³/mol. The maximum Gasteiger partial charge on any atom is 0.101 e. The first-order valence-electron chi connectivity index (χ1n) is 7.79. The number of rotatable bonds is 3. The van der Waals surface area contributed by atoms with E-state index in [0.29, 0.717) is 10.6 Å². The van der Waals surface area contributed by atoms with Crippen LogP contribution in [0, 0.1) is 32.1 Å². The summed E-state index contributed by atoms with van der Waals surface area (Å²) in [6.45, 7) is 6.96. The van der Waals surface area contributed by atoms with Gasteiger partial charge in [0.1, 0.15) is 6.07 Å². The van der Waals surface area contributed by atoms with Crippen LogP contribution in [0.2, 0.25) is 5.02 Å². The van der Waals surface area contributed by atoms with Crippen molar-refractivity contribution in [3.63, 3.8) is 0 Å². The van der Waals surface area contributed by atoms with E-state index >= 15 is 0 Å². The fourth-order valence-corrected chi connectivity index (χ4v) is 2.91. The molecule has 0 unspecified atom stereocenters. The predicted octanol–water partition coefficient (Wildman–Crippen LogP) is 5.05. The lowest BCUT2D eigenvalue weighted by Crippen LogP contribution is -2.04. The summed E-state index contributed by atoms with van der Waals surface area (Å²) in [6.07, 6.45) is 0. The lowest BCUT2D eigenvalue weighted by atomic mass is 10.1. The molecule has 0 fully saturated rings. The highest BCUT2D eigenvalue weighted by Crippen LogP contribution is 2.28. The molecule has 0 aliphatic rings. The molecule has 0 amide bonds. The van der Waals surface area contributed by atoms with Crippen LogP contribution in [0.4, 0.5) is 0 Å². The quantitative estimate of drug-likeness (QED) is 0.672. The molecule has 2 aromatic carbocycles. The molecule has 1 aromatic heterocycles. The maximum absolute atomic E-state index is 9.01. The molecule has 3 aromatic rings. The van der Waals surface area contributed by atoms with E-state index < -0.39 is 0 Å². The van der Waals surface area contributed by atoms with E-state index in [2.05, 4.69) is 51.1 Å². The second-order valence-corrected chi connectivity index (χ2v) is 6.42. The molecule has 0 radical (unpaired) electrons. The van der Waals surface area contributed by atoms with Gasteiger partial charge in [-0.1, -0.05) is 47.5 Å². The van der Waals surface area contributed by atoms with Gasteiger partial charge >= 0.3 is 0 Å². The molecule has 0 N–H and O–H groups in total. The summed E-state index contributed by atoms with van der Waals surface area (Å²) in [5, 5.41) is 14.2. The number of aromatic nitrogens is 2. The highest BCUT2D eigenvalue weighted by Gasteiger charge is 2.14. The average molecular weight is 336 g/mol. The first-order valence-corrected chi connectivity index (χ1v) is 8.17. The van der Waals surface area contributed by atoms with Gasteiger partial charge in [-0.2, -0.15) is 10.4 Å². The van der Waals surface area contributed by atoms with Crippen molar-refractivity contribution in [1.82, 2.24) is 9.78 Å². The van der Waals surface area contributed by atoms with E-state index in [0.717, 1.165) is 29.1 Å². The van der Waals surface area contributed by atoms with Gasteiger partial charge in [-0.05, 0) is 44.0 Å². The number of halogens is 1. The molecule has 0 bridgehead atoms. The molecule has 1 heterocycles. The molecule has 4 heteroatoms. The molecule has 0 aliphatic heterocycles. The molecule has 0 spiro atoms. The lowest BCUT2D eigenvalue weighted by molar-refractivity contribution is 0.666. The Morgan fingerprint density at radius 3 is 2.42 bits per heavy atom. The molecule has 24 heavy (non-hydrogen) atoms. The SMILES string of the molecule is Cc1ccc(Cn2nc(-c3ccc(C#N)c(Cl)c3)c(C)c2C)cc1. The van der Waals surface area contributed by atoms with Crippen LogP contribution in [0.1, 0.15) is 27.9 Å². The van der Waals surface area contributed by atoms with Gasteiger partial charge in [-0.3, -0.25) is 4.68 Å². The van der Waals surface area contributed by atoms with Crippen molar-refractivity contribution in [3.05, 3.63) is 75.4 Å². The van der Waals surface area contributed by atoms with Crippen LogP contribution >= 0.6 is 11.6 Å². The molecule has 3 nitrogen and oxygen atoms in total. The Balaban J connectivity index is 1.98. The van der Waals surface area contributed by atoms with Crippen molar-refractivity contribution in [2.75, 3.05) is 0 Å². The first-order chi connectivity index (χ1) is 11.5. The third-order valence-corrected chi connectivity index (χ3v) is 4.63. The van der Waals surface area contributed by atoms with E-state index in [4.69, 9.17) is 22.0 Å². The van der Waals surface area contributed by atoms with Crippen molar-refractivity contribution >= 4 is 11.6 Å². The van der Waals surface area contributed by atoms with Gasteiger partial charge in [0.25, 0.3) is 0 Å². The molecule has 3 rings (SSSR count). The number of benzene rings is 2. The third-order valence-electron chi connectivity index (χ3n) is 4.32. The first kappa shape index (κ1) is 16.3. The van der Waals surface area contributed by atoms with Crippen LogP contribution in [0.25, 0.3) is 11.3 Å². The molecule has 120 valence electrons. The summed E-state index contributed by atoms with van der Waals surface area (Å²) in [6, 6.07) is 16.0. The molecule has 0 saturated heterocycles. The minimum Gasteiger partial charge on any atom is -0.265 e. The summed E-state index contributed by atoms with van der Waals surface area (Å²) >= 11 is 6.17. The second-order valence-electron chi connectivity index (χ2n) is 6.01. The number of nitriles is 1. The zero-order valence-electron chi connectivity index (χ0n) is 14.0. The van der Waals surface area contributed by atoms with E-state index in [-0.39, 0.29) is 0 Å². The number of hydrogen-bond acceptors (Lipinski definition) is 2. The molecule has 0 aliphatic carbocycles. The Kier molecular flexibility index (Phi) is 4.42. The summed E-state index contributed by atoms with van der Waals surface area (Å²) in [5.74, 6) is 0. The third kappa shape index (κ3) is 3.06. The Morgan fingerprint density at radius 1 is 1.08 bits per heavy atom. The minimum atomic E-state index is 0.458. The molecular formula is C20H18ClN3. The fraction of sp³-hybridized carbons (Fsp3) is 0.200. The molecule has 0 saturated carbocycles. The van der Waals surface area contributed by atoms with E-state index in [9.17, 15) is 0 Å². The van der Waals surface area contributed by atoms with E-state index in [1.807, 2.05) is 16.8 Å². The maximum atomic E-state index is 9.01. The summed E-state index contributed by atoms with van der Waals surface area (Å²) < 4.78 is 2.02. The zero-order chi connectivity index (χ0) is 17.3. The van der Waals surface area contributed by atoms with Gasteiger partial charge in [0.2, 0.25) is 0 Å². The van der Waals surface area contributed by atoms with Crippen LogP contribution < -0.4 is 0 Å². The summed E-state index contributed by atoms with van der Waals surface area (Å²) in [5.41, 5.74) is 7.05. The van der Waals surface area contributed by atoms with Crippen molar-refractivity contribution in [3.8, 4) is 17.3 Å². The Morgan fingerprint density at radius 2 is 1.79 bits per heavy atom.